The number of hydrogen-bond donors (Lipinski definition) is 2. The predicted octanol–water partition coefficient (Wildman–Crippen LogP) is 10.5. The molecule has 1 atom stereocenters. The first-order valence-corrected chi connectivity index (χ1v) is 16.6. The van der Waals surface area contributed by atoms with E-state index in [1.165, 1.54) is 50.9 Å². The van der Waals surface area contributed by atoms with E-state index in [9.17, 15) is 4.39 Å². The molecule has 3 aromatic carbocycles. The van der Waals surface area contributed by atoms with Crippen molar-refractivity contribution in [2.45, 2.75) is 113 Å². The molecule has 4 heteroatoms. The lowest BCUT2D eigenvalue weighted by atomic mass is 9.70. The lowest BCUT2D eigenvalue weighted by molar-refractivity contribution is 0.570. The van der Waals surface area contributed by atoms with Crippen LogP contribution >= 0.6 is 0 Å². The zero-order valence-electron chi connectivity index (χ0n) is 29.9. The topological polar surface area (TPSA) is 64.4 Å². The minimum Gasteiger partial charge on any atom is -0.370 e. The molecule has 0 radical (unpaired) electrons. The average molecular weight is 614 g/mol. The second-order valence-corrected chi connectivity index (χ2v) is 12.3. The van der Waals surface area contributed by atoms with Crippen molar-refractivity contribution in [1.29, 1.82) is 0 Å². The molecule has 0 fully saturated rings. The van der Waals surface area contributed by atoms with Gasteiger partial charge in [-0.2, -0.15) is 0 Å². The largest absolute Gasteiger partial charge is 0.370 e. The Balaban J connectivity index is 0.000000440. The molecule has 4 N–H and O–H groups in total. The monoisotopic (exact) mass is 613 g/mol. The second-order valence-electron chi connectivity index (χ2n) is 12.3. The van der Waals surface area contributed by atoms with Gasteiger partial charge in [-0.25, -0.2) is 4.39 Å². The summed E-state index contributed by atoms with van der Waals surface area (Å²) in [6, 6.07) is 18.9. The van der Waals surface area contributed by atoms with Crippen molar-refractivity contribution in [2.24, 2.45) is 16.5 Å². The van der Waals surface area contributed by atoms with Crippen LogP contribution in [0.15, 0.2) is 77.8 Å². The van der Waals surface area contributed by atoms with E-state index in [0.717, 1.165) is 31.2 Å². The van der Waals surface area contributed by atoms with Crippen LogP contribution < -0.4 is 11.5 Å². The Morgan fingerprint density at radius 3 is 2.11 bits per heavy atom. The first-order chi connectivity index (χ1) is 21.3. The average Bonchev–Trinajstić information content (AvgIpc) is 3.01. The Labute approximate surface area is 274 Å². The van der Waals surface area contributed by atoms with E-state index in [1.807, 2.05) is 25.1 Å². The van der Waals surface area contributed by atoms with Gasteiger partial charge in [0.2, 0.25) is 0 Å². The Morgan fingerprint density at radius 2 is 1.58 bits per heavy atom. The van der Waals surface area contributed by atoms with Gasteiger partial charge in [0.25, 0.3) is 0 Å². The highest BCUT2D eigenvalue weighted by atomic mass is 19.1. The number of hydrogen-bond acceptors (Lipinski definition) is 1. The number of aryl methyl sites for hydroxylation is 5. The highest BCUT2D eigenvalue weighted by molar-refractivity contribution is 5.75. The number of rotatable bonds is 11. The van der Waals surface area contributed by atoms with Crippen molar-refractivity contribution in [3.05, 3.63) is 123 Å². The standard InChI is InChI=1S/C24H31F.C14H21N3.C3H8/c1-8-19-15-20(11-13-23(19)25)18(5)22(9-2)24(6,7)21-12-10-16(3)17(4)14-21;1-3-11-7-8-13(12(4-2)10-11)6-5-9-17-14(15)16;1-3-2/h9-15,18H,8H2,1-7H3;4,7-8,10H,2-3,5-6,9H2,1H3,(H4,15,16,17);3H2,1-2H3/b22-9+;;. The highest BCUT2D eigenvalue weighted by Crippen LogP contribution is 2.40. The summed E-state index contributed by atoms with van der Waals surface area (Å²) in [6.45, 7) is 26.2. The van der Waals surface area contributed by atoms with Gasteiger partial charge in [-0.1, -0.05) is 128 Å². The first kappa shape index (κ1) is 39.4. The molecular formula is C41H60FN3. The minimum atomic E-state index is -0.103. The lowest BCUT2D eigenvalue weighted by Gasteiger charge is -2.34. The van der Waals surface area contributed by atoms with Gasteiger partial charge in [0.05, 0.1) is 0 Å². The van der Waals surface area contributed by atoms with Crippen molar-refractivity contribution in [2.75, 3.05) is 6.54 Å². The zero-order chi connectivity index (χ0) is 34.2. The fourth-order valence-corrected chi connectivity index (χ4v) is 5.52. The molecule has 0 heterocycles. The van der Waals surface area contributed by atoms with E-state index < -0.39 is 0 Å². The van der Waals surface area contributed by atoms with E-state index in [0.29, 0.717) is 6.54 Å². The Morgan fingerprint density at radius 1 is 0.911 bits per heavy atom. The Kier molecular flexibility index (Phi) is 17.2. The number of halogens is 1. The molecule has 0 aliphatic rings. The van der Waals surface area contributed by atoms with Gasteiger partial charge in [0, 0.05) is 17.9 Å². The van der Waals surface area contributed by atoms with Crippen LogP contribution in [0.25, 0.3) is 6.08 Å². The number of aliphatic imine (C=N–C) groups is 1. The molecule has 0 aliphatic heterocycles. The second kappa shape index (κ2) is 19.7. The highest BCUT2D eigenvalue weighted by Gasteiger charge is 2.29. The molecule has 0 saturated carbocycles. The van der Waals surface area contributed by atoms with Crippen LogP contribution in [0.1, 0.15) is 119 Å². The fourth-order valence-electron chi connectivity index (χ4n) is 5.52. The molecule has 246 valence electrons. The smallest absolute Gasteiger partial charge is 0.185 e. The molecule has 0 spiro atoms. The van der Waals surface area contributed by atoms with Crippen LogP contribution in [0, 0.1) is 19.7 Å². The van der Waals surface area contributed by atoms with Crippen molar-refractivity contribution >= 4 is 12.0 Å². The summed E-state index contributed by atoms with van der Waals surface area (Å²) in [4.78, 5) is 3.98. The van der Waals surface area contributed by atoms with Crippen molar-refractivity contribution in [1.82, 2.24) is 0 Å². The predicted molar refractivity (Wildman–Crippen MR) is 198 cm³/mol. The first-order valence-electron chi connectivity index (χ1n) is 16.6. The maximum atomic E-state index is 13.9. The van der Waals surface area contributed by atoms with Crippen molar-refractivity contribution < 1.29 is 4.39 Å². The summed E-state index contributed by atoms with van der Waals surface area (Å²) in [6.07, 6.45) is 9.09. The normalized spacial score (nSPS) is 11.8. The number of nitrogens with zero attached hydrogens (tertiary/aromatic N) is 1. The molecule has 3 aromatic rings. The third-order valence-corrected chi connectivity index (χ3v) is 8.42. The van der Waals surface area contributed by atoms with Gasteiger partial charge >= 0.3 is 0 Å². The third kappa shape index (κ3) is 12.0. The summed E-state index contributed by atoms with van der Waals surface area (Å²) in [5, 5.41) is 0. The Hall–Kier alpha value is -3.66. The van der Waals surface area contributed by atoms with Gasteiger partial charge in [-0.3, -0.25) is 4.99 Å². The number of benzene rings is 3. The minimum absolute atomic E-state index is 0.0760. The van der Waals surface area contributed by atoms with Gasteiger partial charge in [-0.05, 0) is 97.0 Å². The molecule has 0 bridgehead atoms. The van der Waals surface area contributed by atoms with Crippen molar-refractivity contribution in [3.63, 3.8) is 0 Å². The lowest BCUT2D eigenvalue weighted by Crippen LogP contribution is -2.24. The fraction of sp³-hybridized carbons (Fsp3) is 0.439. The van der Waals surface area contributed by atoms with E-state index in [1.54, 1.807) is 6.07 Å². The van der Waals surface area contributed by atoms with Gasteiger partial charge < -0.3 is 11.5 Å². The third-order valence-electron chi connectivity index (χ3n) is 8.42. The van der Waals surface area contributed by atoms with Gasteiger partial charge in [0.15, 0.2) is 5.96 Å². The Bertz CT molecular complexity index is 1410. The van der Waals surface area contributed by atoms with E-state index in [-0.39, 0.29) is 23.1 Å². The van der Waals surface area contributed by atoms with Crippen LogP contribution in [0.5, 0.6) is 0 Å². The maximum Gasteiger partial charge on any atom is 0.185 e. The van der Waals surface area contributed by atoms with Gasteiger partial charge in [-0.15, -0.1) is 0 Å². The number of allylic oxidation sites excluding steroid dienone is 2. The quantitative estimate of drug-likeness (QED) is 0.0978. The summed E-state index contributed by atoms with van der Waals surface area (Å²) >= 11 is 0. The van der Waals surface area contributed by atoms with Crippen LogP contribution in [0.2, 0.25) is 0 Å². The molecule has 3 nitrogen and oxygen atoms in total. The van der Waals surface area contributed by atoms with E-state index in [2.05, 4.69) is 116 Å². The van der Waals surface area contributed by atoms with E-state index in [4.69, 9.17) is 11.5 Å². The summed E-state index contributed by atoms with van der Waals surface area (Å²) in [5.74, 6) is 0.302. The molecule has 0 saturated heterocycles. The number of nitrogens with two attached hydrogens (primary N) is 2. The molecule has 1 unspecified atom stereocenters. The maximum absolute atomic E-state index is 13.9. The summed E-state index contributed by atoms with van der Waals surface area (Å²) in [5.41, 5.74) is 21.7. The molecule has 0 amide bonds. The molecule has 45 heavy (non-hydrogen) atoms. The molecule has 0 aliphatic carbocycles. The number of guanidine groups is 1. The SMILES string of the molecule is C/C=C(\C(C)c1ccc(F)c(CC)c1)C(C)(C)c1ccc(C)c(C)c1.C=Cc1cc(CC)ccc1CCCN=C(N)N.CCC. The molecule has 0 aromatic heterocycles. The van der Waals surface area contributed by atoms with Crippen LogP contribution in [-0.4, -0.2) is 12.5 Å². The zero-order valence-corrected chi connectivity index (χ0v) is 29.9. The summed E-state index contributed by atoms with van der Waals surface area (Å²) in [7, 11) is 0. The van der Waals surface area contributed by atoms with Crippen LogP contribution in [0.3, 0.4) is 0 Å². The summed E-state index contributed by atoms with van der Waals surface area (Å²) < 4.78 is 13.9. The van der Waals surface area contributed by atoms with Gasteiger partial charge in [0.1, 0.15) is 5.82 Å². The molecule has 3 rings (SSSR count). The molecular weight excluding hydrogens is 553 g/mol. The van der Waals surface area contributed by atoms with Crippen molar-refractivity contribution in [3.8, 4) is 0 Å². The van der Waals surface area contributed by atoms with E-state index >= 15 is 0 Å². The van der Waals surface area contributed by atoms with Crippen LogP contribution in [-0.2, 0) is 24.7 Å². The van der Waals surface area contributed by atoms with Crippen LogP contribution in [0.4, 0.5) is 4.39 Å².